The smallest absolute Gasteiger partial charge is 0.227 e. The van der Waals surface area contributed by atoms with E-state index in [0.29, 0.717) is 6.42 Å². The van der Waals surface area contributed by atoms with E-state index >= 15 is 0 Å². The molecule has 1 aliphatic heterocycles. The molecule has 1 heterocycles. The number of halogens is 1. The number of benzene rings is 1. The maximum absolute atomic E-state index is 12.3. The van der Waals surface area contributed by atoms with Gasteiger partial charge in [-0.1, -0.05) is 28.1 Å². The molecule has 0 saturated carbocycles. The molecule has 0 spiro atoms. The first kappa shape index (κ1) is 13.6. The van der Waals surface area contributed by atoms with Crippen LogP contribution < -0.4 is 5.73 Å². The minimum absolute atomic E-state index is 0.0731. The number of hydrogen-bond donors (Lipinski definition) is 1. The van der Waals surface area contributed by atoms with Crippen molar-refractivity contribution in [3.8, 4) is 0 Å². The van der Waals surface area contributed by atoms with Crippen LogP contribution in [-0.2, 0) is 11.2 Å². The van der Waals surface area contributed by atoms with Gasteiger partial charge >= 0.3 is 0 Å². The van der Waals surface area contributed by atoms with Crippen molar-refractivity contribution in [2.24, 2.45) is 5.73 Å². The maximum Gasteiger partial charge on any atom is 0.227 e. The van der Waals surface area contributed by atoms with Gasteiger partial charge in [0.15, 0.2) is 0 Å². The summed E-state index contributed by atoms with van der Waals surface area (Å²) in [6, 6.07) is 7.95. The molecule has 1 atom stereocenters. The van der Waals surface area contributed by atoms with Crippen molar-refractivity contribution in [1.82, 2.24) is 4.90 Å². The zero-order chi connectivity index (χ0) is 13.3. The molecule has 98 valence electrons. The number of amides is 1. The molecule has 3 nitrogen and oxygen atoms in total. The molecule has 1 unspecified atom stereocenters. The molecule has 0 aromatic heterocycles. The minimum Gasteiger partial charge on any atom is -0.336 e. The normalized spacial score (nSPS) is 22.2. The van der Waals surface area contributed by atoms with Gasteiger partial charge in [-0.25, -0.2) is 0 Å². The van der Waals surface area contributed by atoms with Crippen LogP contribution in [0.3, 0.4) is 0 Å². The number of likely N-dealkylation sites (tertiary alicyclic amines) is 1. The summed E-state index contributed by atoms with van der Waals surface area (Å²) < 4.78 is 1.00. The Morgan fingerprint density at radius 1 is 1.56 bits per heavy atom. The van der Waals surface area contributed by atoms with Crippen LogP contribution in [0.15, 0.2) is 28.7 Å². The molecule has 1 aliphatic rings. The standard InChI is InChI=1S/C14H19BrN2O/c1-14(2)12(16)6-7-17(14)13(18)9-10-4-3-5-11(15)8-10/h3-5,8,12H,6-7,9,16H2,1-2H3. The average Bonchev–Trinajstić information content (AvgIpc) is 2.54. The molecule has 0 bridgehead atoms. The van der Waals surface area contributed by atoms with E-state index in [9.17, 15) is 4.79 Å². The molecule has 1 aromatic rings. The Hall–Kier alpha value is -0.870. The highest BCUT2D eigenvalue weighted by molar-refractivity contribution is 9.10. The Balaban J connectivity index is 2.09. The van der Waals surface area contributed by atoms with Gasteiger partial charge < -0.3 is 10.6 Å². The summed E-state index contributed by atoms with van der Waals surface area (Å²) in [6.07, 6.45) is 1.33. The molecular formula is C14H19BrN2O. The van der Waals surface area contributed by atoms with E-state index in [1.54, 1.807) is 0 Å². The molecule has 1 amide bonds. The van der Waals surface area contributed by atoms with E-state index in [2.05, 4.69) is 15.9 Å². The van der Waals surface area contributed by atoms with E-state index < -0.39 is 0 Å². The van der Waals surface area contributed by atoms with Crippen LogP contribution in [0.4, 0.5) is 0 Å². The van der Waals surface area contributed by atoms with Gasteiger partial charge in [-0.2, -0.15) is 0 Å². The lowest BCUT2D eigenvalue weighted by molar-refractivity contribution is -0.133. The van der Waals surface area contributed by atoms with E-state index in [1.807, 2.05) is 43.0 Å². The molecule has 1 fully saturated rings. The van der Waals surface area contributed by atoms with Crippen molar-refractivity contribution >= 4 is 21.8 Å². The molecule has 18 heavy (non-hydrogen) atoms. The molecule has 0 aliphatic carbocycles. The molecule has 4 heteroatoms. The lowest BCUT2D eigenvalue weighted by atomic mass is 9.96. The quantitative estimate of drug-likeness (QED) is 0.911. The topological polar surface area (TPSA) is 46.3 Å². The Kier molecular flexibility index (Phi) is 3.78. The van der Waals surface area contributed by atoms with Gasteiger partial charge in [0.05, 0.1) is 12.0 Å². The van der Waals surface area contributed by atoms with Gasteiger partial charge in [0, 0.05) is 17.1 Å². The summed E-state index contributed by atoms with van der Waals surface area (Å²) in [5, 5.41) is 0. The Labute approximate surface area is 116 Å². The third-order valence-electron chi connectivity index (χ3n) is 3.81. The lowest BCUT2D eigenvalue weighted by Gasteiger charge is -2.34. The minimum atomic E-state index is -0.233. The fraction of sp³-hybridized carbons (Fsp3) is 0.500. The first-order chi connectivity index (χ1) is 8.41. The number of carbonyl (C=O) groups is 1. The predicted molar refractivity (Wildman–Crippen MR) is 76.2 cm³/mol. The Bertz CT molecular complexity index is 459. The summed E-state index contributed by atoms with van der Waals surface area (Å²) in [6.45, 7) is 4.86. The van der Waals surface area contributed by atoms with Crippen LogP contribution >= 0.6 is 15.9 Å². The number of carbonyl (C=O) groups excluding carboxylic acids is 1. The van der Waals surface area contributed by atoms with E-state index in [0.717, 1.165) is 23.0 Å². The zero-order valence-corrected chi connectivity index (χ0v) is 12.4. The van der Waals surface area contributed by atoms with Crippen molar-refractivity contribution in [1.29, 1.82) is 0 Å². The van der Waals surface area contributed by atoms with E-state index in [-0.39, 0.29) is 17.5 Å². The molecule has 2 rings (SSSR count). The zero-order valence-electron chi connectivity index (χ0n) is 10.8. The fourth-order valence-electron chi connectivity index (χ4n) is 2.47. The second-order valence-corrected chi connectivity index (χ2v) is 6.32. The maximum atomic E-state index is 12.3. The second kappa shape index (κ2) is 5.02. The summed E-state index contributed by atoms with van der Waals surface area (Å²) in [5.41, 5.74) is 6.86. The van der Waals surface area contributed by atoms with Crippen molar-refractivity contribution in [2.75, 3.05) is 6.54 Å². The highest BCUT2D eigenvalue weighted by Crippen LogP contribution is 2.28. The lowest BCUT2D eigenvalue weighted by Crippen LogP contribution is -2.51. The van der Waals surface area contributed by atoms with Crippen LogP contribution in [0, 0.1) is 0 Å². The predicted octanol–water partition coefficient (Wildman–Crippen LogP) is 2.33. The largest absolute Gasteiger partial charge is 0.336 e. The number of hydrogen-bond acceptors (Lipinski definition) is 2. The monoisotopic (exact) mass is 310 g/mol. The summed E-state index contributed by atoms with van der Waals surface area (Å²) in [7, 11) is 0. The third kappa shape index (κ3) is 2.59. The van der Waals surface area contributed by atoms with Crippen LogP contribution in [0.1, 0.15) is 25.8 Å². The van der Waals surface area contributed by atoms with Gasteiger partial charge in [-0.15, -0.1) is 0 Å². The van der Waals surface area contributed by atoms with Crippen molar-refractivity contribution in [3.05, 3.63) is 34.3 Å². The van der Waals surface area contributed by atoms with Crippen molar-refractivity contribution in [3.63, 3.8) is 0 Å². The van der Waals surface area contributed by atoms with Gasteiger partial charge in [0.1, 0.15) is 0 Å². The number of rotatable bonds is 2. The second-order valence-electron chi connectivity index (χ2n) is 5.40. The first-order valence-corrected chi connectivity index (χ1v) is 7.01. The molecule has 0 radical (unpaired) electrons. The fourth-order valence-corrected chi connectivity index (χ4v) is 2.92. The summed E-state index contributed by atoms with van der Waals surface area (Å²) in [4.78, 5) is 14.3. The SMILES string of the molecule is CC1(C)C(N)CCN1C(=O)Cc1cccc(Br)c1. The molecule has 2 N–H and O–H groups in total. The van der Waals surface area contributed by atoms with Crippen LogP contribution in [-0.4, -0.2) is 28.9 Å². The number of nitrogens with zero attached hydrogens (tertiary/aromatic N) is 1. The van der Waals surface area contributed by atoms with Crippen molar-refractivity contribution < 1.29 is 4.79 Å². The molecular weight excluding hydrogens is 292 g/mol. The van der Waals surface area contributed by atoms with Gasteiger partial charge in [-0.05, 0) is 38.0 Å². The van der Waals surface area contributed by atoms with Gasteiger partial charge in [-0.3, -0.25) is 4.79 Å². The van der Waals surface area contributed by atoms with Gasteiger partial charge in [0.25, 0.3) is 0 Å². The van der Waals surface area contributed by atoms with Crippen molar-refractivity contribution in [2.45, 2.75) is 38.3 Å². The third-order valence-corrected chi connectivity index (χ3v) is 4.31. The Morgan fingerprint density at radius 2 is 2.28 bits per heavy atom. The highest BCUT2D eigenvalue weighted by Gasteiger charge is 2.41. The van der Waals surface area contributed by atoms with Gasteiger partial charge in [0.2, 0.25) is 5.91 Å². The van der Waals surface area contributed by atoms with Crippen LogP contribution in [0.25, 0.3) is 0 Å². The first-order valence-electron chi connectivity index (χ1n) is 6.22. The summed E-state index contributed by atoms with van der Waals surface area (Å²) >= 11 is 3.42. The average molecular weight is 311 g/mol. The van der Waals surface area contributed by atoms with Crippen LogP contribution in [0.2, 0.25) is 0 Å². The van der Waals surface area contributed by atoms with Crippen LogP contribution in [0.5, 0.6) is 0 Å². The molecule has 1 aromatic carbocycles. The summed E-state index contributed by atoms with van der Waals surface area (Å²) in [5.74, 6) is 0.158. The Morgan fingerprint density at radius 3 is 2.83 bits per heavy atom. The highest BCUT2D eigenvalue weighted by atomic mass is 79.9. The molecule has 1 saturated heterocycles. The number of nitrogens with two attached hydrogens (primary N) is 1. The van der Waals surface area contributed by atoms with E-state index in [1.165, 1.54) is 0 Å². The van der Waals surface area contributed by atoms with E-state index in [4.69, 9.17) is 5.73 Å².